The number of nitrogens with one attached hydrogen (secondary N) is 1. The van der Waals surface area contributed by atoms with Gasteiger partial charge in [0.2, 0.25) is 5.91 Å². The smallest absolute Gasteiger partial charge is 0.228 e. The molecule has 2 rings (SSSR count). The topological polar surface area (TPSA) is 41.6 Å². The lowest BCUT2D eigenvalue weighted by Crippen LogP contribution is -2.51. The number of ether oxygens (including phenoxy) is 1. The molecule has 0 bridgehead atoms. The van der Waals surface area contributed by atoms with E-state index in [9.17, 15) is 4.79 Å². The molecule has 1 heterocycles. The number of rotatable bonds is 4. The van der Waals surface area contributed by atoms with Gasteiger partial charge in [0.15, 0.2) is 0 Å². The van der Waals surface area contributed by atoms with Gasteiger partial charge in [-0.2, -0.15) is 0 Å². The van der Waals surface area contributed by atoms with E-state index < -0.39 is 0 Å². The number of amides is 1. The Kier molecular flexibility index (Phi) is 3.87. The molecule has 18 heavy (non-hydrogen) atoms. The monoisotopic (exact) mass is 248 g/mol. The number of hydrogen-bond donors (Lipinski definition) is 1. The fourth-order valence-electron chi connectivity index (χ4n) is 2.16. The largest absolute Gasteiger partial charge is 0.496 e. The molecule has 0 radical (unpaired) electrons. The molecular weight excluding hydrogens is 228 g/mol. The average Bonchev–Trinajstić information content (AvgIpc) is 2.34. The van der Waals surface area contributed by atoms with E-state index in [4.69, 9.17) is 4.74 Å². The summed E-state index contributed by atoms with van der Waals surface area (Å²) in [7, 11) is 3.51. The van der Waals surface area contributed by atoms with E-state index in [1.807, 2.05) is 43.1 Å². The molecule has 1 aliphatic rings. The molecule has 1 fully saturated rings. The molecule has 0 aromatic heterocycles. The highest BCUT2D eigenvalue weighted by Gasteiger charge is 2.30. The van der Waals surface area contributed by atoms with Crippen molar-refractivity contribution in [3.8, 4) is 5.75 Å². The maximum atomic E-state index is 12.2. The van der Waals surface area contributed by atoms with Crippen LogP contribution >= 0.6 is 0 Å². The van der Waals surface area contributed by atoms with E-state index in [2.05, 4.69) is 5.32 Å². The highest BCUT2D eigenvalue weighted by molar-refractivity contribution is 5.80. The molecule has 1 unspecified atom stereocenters. The molecule has 0 spiro atoms. The van der Waals surface area contributed by atoms with Crippen LogP contribution in [0.2, 0.25) is 0 Å². The van der Waals surface area contributed by atoms with Gasteiger partial charge in [0, 0.05) is 25.7 Å². The van der Waals surface area contributed by atoms with E-state index in [1.54, 1.807) is 7.11 Å². The van der Waals surface area contributed by atoms with Crippen LogP contribution in [0.4, 0.5) is 0 Å². The Hall–Kier alpha value is -1.55. The van der Waals surface area contributed by atoms with E-state index in [0.29, 0.717) is 0 Å². The van der Waals surface area contributed by atoms with Gasteiger partial charge in [-0.15, -0.1) is 0 Å². The number of benzene rings is 1. The van der Waals surface area contributed by atoms with Crippen LogP contribution in [0.1, 0.15) is 18.5 Å². The summed E-state index contributed by atoms with van der Waals surface area (Å²) in [6.07, 6.45) is 0. The van der Waals surface area contributed by atoms with Crippen molar-refractivity contribution in [2.24, 2.45) is 5.92 Å². The molecule has 4 nitrogen and oxygen atoms in total. The third-order valence-electron chi connectivity index (χ3n) is 3.65. The first-order valence-electron chi connectivity index (χ1n) is 6.25. The first-order chi connectivity index (χ1) is 8.65. The highest BCUT2D eigenvalue weighted by Crippen LogP contribution is 2.29. The van der Waals surface area contributed by atoms with Gasteiger partial charge in [0.1, 0.15) is 5.75 Å². The molecule has 4 heteroatoms. The first-order valence-corrected chi connectivity index (χ1v) is 6.25. The minimum atomic E-state index is 0.0225. The molecule has 1 saturated heterocycles. The Morgan fingerprint density at radius 1 is 1.44 bits per heavy atom. The van der Waals surface area contributed by atoms with Gasteiger partial charge >= 0.3 is 0 Å². The third kappa shape index (κ3) is 2.34. The molecule has 1 aromatic carbocycles. The summed E-state index contributed by atoms with van der Waals surface area (Å²) in [6, 6.07) is 7.86. The maximum absolute atomic E-state index is 12.2. The Morgan fingerprint density at radius 2 is 2.11 bits per heavy atom. The van der Waals surface area contributed by atoms with Gasteiger partial charge in [0.25, 0.3) is 0 Å². The predicted octanol–water partition coefficient (Wildman–Crippen LogP) is 1.43. The Bertz CT molecular complexity index is 430. The van der Waals surface area contributed by atoms with Gasteiger partial charge in [-0.1, -0.05) is 18.2 Å². The second-order valence-corrected chi connectivity index (χ2v) is 4.72. The molecule has 1 N–H and O–H groups in total. The molecule has 1 aliphatic heterocycles. The summed E-state index contributed by atoms with van der Waals surface area (Å²) in [4.78, 5) is 14.0. The summed E-state index contributed by atoms with van der Waals surface area (Å²) >= 11 is 0. The quantitative estimate of drug-likeness (QED) is 0.876. The van der Waals surface area contributed by atoms with Crippen molar-refractivity contribution >= 4 is 5.91 Å². The van der Waals surface area contributed by atoms with E-state index in [0.717, 1.165) is 24.4 Å². The summed E-state index contributed by atoms with van der Waals surface area (Å²) in [5.41, 5.74) is 1.04. The molecular formula is C14H20N2O2. The molecule has 98 valence electrons. The number of nitrogens with zero attached hydrogens (tertiary/aromatic N) is 1. The predicted molar refractivity (Wildman–Crippen MR) is 70.5 cm³/mol. The lowest BCUT2D eigenvalue weighted by atomic mass is 9.99. The van der Waals surface area contributed by atoms with Crippen molar-refractivity contribution in [3.63, 3.8) is 0 Å². The lowest BCUT2D eigenvalue weighted by Gasteiger charge is -2.34. The zero-order valence-electron chi connectivity index (χ0n) is 11.1. The minimum Gasteiger partial charge on any atom is -0.496 e. The van der Waals surface area contributed by atoms with E-state index in [-0.39, 0.29) is 17.9 Å². The van der Waals surface area contributed by atoms with Crippen molar-refractivity contribution in [3.05, 3.63) is 29.8 Å². The first kappa shape index (κ1) is 12.9. The second-order valence-electron chi connectivity index (χ2n) is 4.72. The zero-order chi connectivity index (χ0) is 13.1. The van der Waals surface area contributed by atoms with Crippen LogP contribution in [0.25, 0.3) is 0 Å². The normalized spacial score (nSPS) is 16.8. The summed E-state index contributed by atoms with van der Waals surface area (Å²) in [5.74, 6) is 1.16. The average molecular weight is 248 g/mol. The summed E-state index contributed by atoms with van der Waals surface area (Å²) in [5, 5.41) is 3.13. The second kappa shape index (κ2) is 5.40. The Labute approximate surface area is 108 Å². The van der Waals surface area contributed by atoms with Crippen LogP contribution in [0.15, 0.2) is 24.3 Å². The van der Waals surface area contributed by atoms with Gasteiger partial charge < -0.3 is 15.0 Å². The minimum absolute atomic E-state index is 0.0225. The number of carbonyl (C=O) groups is 1. The lowest BCUT2D eigenvalue weighted by molar-refractivity contribution is -0.137. The van der Waals surface area contributed by atoms with Crippen LogP contribution < -0.4 is 10.1 Å². The van der Waals surface area contributed by atoms with Gasteiger partial charge in [0.05, 0.1) is 19.1 Å². The zero-order valence-corrected chi connectivity index (χ0v) is 11.1. The van der Waals surface area contributed by atoms with Crippen LogP contribution in [0.3, 0.4) is 0 Å². The summed E-state index contributed by atoms with van der Waals surface area (Å²) < 4.78 is 5.35. The van der Waals surface area contributed by atoms with Crippen LogP contribution in [0.5, 0.6) is 5.75 Å². The van der Waals surface area contributed by atoms with Crippen molar-refractivity contribution < 1.29 is 9.53 Å². The Morgan fingerprint density at radius 3 is 2.67 bits per heavy atom. The number of methoxy groups -OCH3 is 1. The SMILES string of the molecule is COc1ccccc1C(C)N(C)C(=O)C1CNC1. The van der Waals surface area contributed by atoms with Crippen molar-refractivity contribution in [1.82, 2.24) is 10.2 Å². The van der Waals surface area contributed by atoms with Crippen LogP contribution in [-0.2, 0) is 4.79 Å². The molecule has 0 saturated carbocycles. The fourth-order valence-corrected chi connectivity index (χ4v) is 2.16. The standard InChI is InChI=1S/C14H20N2O2/c1-10(12-6-4-5-7-13(12)18-3)16(2)14(17)11-8-15-9-11/h4-7,10-11,15H,8-9H2,1-3H3. The molecule has 1 atom stereocenters. The summed E-state index contributed by atoms with van der Waals surface area (Å²) in [6.45, 7) is 3.62. The maximum Gasteiger partial charge on any atom is 0.228 e. The van der Waals surface area contributed by atoms with Crippen molar-refractivity contribution in [1.29, 1.82) is 0 Å². The van der Waals surface area contributed by atoms with Crippen molar-refractivity contribution in [2.45, 2.75) is 13.0 Å². The van der Waals surface area contributed by atoms with E-state index in [1.165, 1.54) is 0 Å². The van der Waals surface area contributed by atoms with Crippen molar-refractivity contribution in [2.75, 3.05) is 27.2 Å². The van der Waals surface area contributed by atoms with E-state index >= 15 is 0 Å². The molecule has 1 amide bonds. The van der Waals surface area contributed by atoms with Crippen LogP contribution in [0, 0.1) is 5.92 Å². The molecule has 0 aliphatic carbocycles. The van der Waals surface area contributed by atoms with Gasteiger partial charge in [-0.05, 0) is 13.0 Å². The third-order valence-corrected chi connectivity index (χ3v) is 3.65. The van der Waals surface area contributed by atoms with Gasteiger partial charge in [-0.25, -0.2) is 0 Å². The highest BCUT2D eigenvalue weighted by atomic mass is 16.5. The number of para-hydroxylation sites is 1. The Balaban J connectivity index is 2.14. The molecule has 1 aromatic rings. The number of hydrogen-bond acceptors (Lipinski definition) is 3. The van der Waals surface area contributed by atoms with Gasteiger partial charge in [-0.3, -0.25) is 4.79 Å². The van der Waals surface area contributed by atoms with Crippen LogP contribution in [-0.4, -0.2) is 38.1 Å². The fraction of sp³-hybridized carbons (Fsp3) is 0.500. The number of carbonyl (C=O) groups excluding carboxylic acids is 1.